The van der Waals surface area contributed by atoms with Crippen molar-refractivity contribution in [2.24, 2.45) is 0 Å². The molecule has 4 heteroatoms. The lowest BCUT2D eigenvalue weighted by atomic mass is 10.3. The van der Waals surface area contributed by atoms with E-state index in [1.54, 1.807) is 13.2 Å². The number of rotatable bonds is 4. The van der Waals surface area contributed by atoms with Gasteiger partial charge in [-0.25, -0.2) is 0 Å². The Balaban J connectivity index is 2.53. The van der Waals surface area contributed by atoms with Gasteiger partial charge >= 0.3 is 0 Å². The predicted octanol–water partition coefficient (Wildman–Crippen LogP) is 2.06. The Bertz CT molecular complexity index is 278. The van der Waals surface area contributed by atoms with Crippen LogP contribution in [0.5, 0.6) is 5.75 Å². The average molecular weight is 246 g/mol. The Labute approximate surface area is 86.0 Å². The molecule has 0 aliphatic carbocycles. The van der Waals surface area contributed by atoms with Gasteiger partial charge in [-0.2, -0.15) is 0 Å². The molecule has 3 nitrogen and oxygen atoms in total. The van der Waals surface area contributed by atoms with Crippen LogP contribution in [-0.4, -0.2) is 20.3 Å². The second-order valence-electron chi connectivity index (χ2n) is 2.52. The molecular weight excluding hydrogens is 234 g/mol. The summed E-state index contributed by atoms with van der Waals surface area (Å²) in [6, 6.07) is 5.49. The van der Waals surface area contributed by atoms with Gasteiger partial charge in [-0.05, 0) is 28.1 Å². The van der Waals surface area contributed by atoms with Gasteiger partial charge in [0.15, 0.2) is 0 Å². The number of hydrogen-bond acceptors (Lipinski definition) is 3. The van der Waals surface area contributed by atoms with Crippen LogP contribution in [0.2, 0.25) is 0 Å². The van der Waals surface area contributed by atoms with Crippen molar-refractivity contribution in [1.29, 1.82) is 0 Å². The summed E-state index contributed by atoms with van der Waals surface area (Å²) in [6.07, 6.45) is 0. The highest BCUT2D eigenvalue weighted by Crippen LogP contribution is 2.24. The number of anilines is 1. The van der Waals surface area contributed by atoms with E-state index in [2.05, 4.69) is 15.9 Å². The van der Waals surface area contributed by atoms with Gasteiger partial charge in [-0.1, -0.05) is 0 Å². The fourth-order valence-corrected chi connectivity index (χ4v) is 1.10. The lowest BCUT2D eigenvalue weighted by molar-refractivity contribution is 0.146. The van der Waals surface area contributed by atoms with Crippen LogP contribution in [0.4, 0.5) is 5.69 Å². The molecule has 1 rings (SSSR count). The molecule has 0 atom stereocenters. The topological polar surface area (TPSA) is 44.5 Å². The van der Waals surface area contributed by atoms with Crippen molar-refractivity contribution in [3.8, 4) is 5.75 Å². The van der Waals surface area contributed by atoms with Gasteiger partial charge in [0.1, 0.15) is 12.4 Å². The van der Waals surface area contributed by atoms with Crippen LogP contribution in [0.1, 0.15) is 0 Å². The maximum absolute atomic E-state index is 5.67. The average Bonchev–Trinajstić information content (AvgIpc) is 2.12. The molecule has 1 aromatic carbocycles. The van der Waals surface area contributed by atoms with E-state index in [1.807, 2.05) is 12.1 Å². The number of ether oxygens (including phenoxy) is 2. The van der Waals surface area contributed by atoms with E-state index in [0.29, 0.717) is 18.9 Å². The number of halogens is 1. The van der Waals surface area contributed by atoms with Crippen molar-refractivity contribution in [1.82, 2.24) is 0 Å². The molecule has 0 heterocycles. The second-order valence-corrected chi connectivity index (χ2v) is 3.38. The maximum Gasteiger partial charge on any atom is 0.121 e. The van der Waals surface area contributed by atoms with Gasteiger partial charge in [0.25, 0.3) is 0 Å². The summed E-state index contributed by atoms with van der Waals surface area (Å²) in [5.74, 6) is 0.762. The van der Waals surface area contributed by atoms with E-state index in [0.717, 1.165) is 10.2 Å². The zero-order valence-electron chi connectivity index (χ0n) is 7.42. The molecule has 0 saturated heterocycles. The third-order valence-corrected chi connectivity index (χ3v) is 2.25. The van der Waals surface area contributed by atoms with Crippen LogP contribution in [-0.2, 0) is 4.74 Å². The lowest BCUT2D eigenvalue weighted by Gasteiger charge is -2.06. The van der Waals surface area contributed by atoms with E-state index in [-0.39, 0.29) is 0 Å². The molecule has 0 fully saturated rings. The van der Waals surface area contributed by atoms with Crippen LogP contribution in [0.15, 0.2) is 22.7 Å². The summed E-state index contributed by atoms with van der Waals surface area (Å²) in [6.45, 7) is 1.12. The number of methoxy groups -OCH3 is 1. The summed E-state index contributed by atoms with van der Waals surface area (Å²) in [7, 11) is 1.64. The molecule has 0 saturated carbocycles. The van der Waals surface area contributed by atoms with Gasteiger partial charge in [0, 0.05) is 23.3 Å². The molecule has 0 radical (unpaired) electrons. The van der Waals surface area contributed by atoms with E-state index < -0.39 is 0 Å². The number of hydrogen-bond donors (Lipinski definition) is 1. The quantitative estimate of drug-likeness (QED) is 0.653. The Morgan fingerprint density at radius 1 is 1.38 bits per heavy atom. The molecule has 0 unspecified atom stereocenters. The van der Waals surface area contributed by atoms with Crippen molar-refractivity contribution >= 4 is 21.6 Å². The molecule has 0 aliphatic heterocycles. The smallest absolute Gasteiger partial charge is 0.121 e. The molecule has 0 aromatic heterocycles. The first-order valence-electron chi connectivity index (χ1n) is 3.91. The van der Waals surface area contributed by atoms with Gasteiger partial charge in [0.05, 0.1) is 6.61 Å². The minimum Gasteiger partial charge on any atom is -0.491 e. The first-order chi connectivity index (χ1) is 6.24. The van der Waals surface area contributed by atoms with Crippen molar-refractivity contribution in [2.75, 3.05) is 26.1 Å². The highest BCUT2D eigenvalue weighted by Gasteiger charge is 1.97. The highest BCUT2D eigenvalue weighted by molar-refractivity contribution is 9.10. The fourth-order valence-electron chi connectivity index (χ4n) is 0.854. The van der Waals surface area contributed by atoms with Crippen molar-refractivity contribution in [2.45, 2.75) is 0 Å². The van der Waals surface area contributed by atoms with E-state index in [4.69, 9.17) is 15.2 Å². The Kier molecular flexibility index (Phi) is 4.05. The molecular formula is C9H12BrNO2. The first kappa shape index (κ1) is 10.3. The highest BCUT2D eigenvalue weighted by atomic mass is 79.9. The number of benzene rings is 1. The van der Waals surface area contributed by atoms with Crippen LogP contribution in [0.3, 0.4) is 0 Å². The molecule has 72 valence electrons. The first-order valence-corrected chi connectivity index (χ1v) is 4.70. The molecule has 13 heavy (non-hydrogen) atoms. The zero-order valence-corrected chi connectivity index (χ0v) is 9.00. The van der Waals surface area contributed by atoms with Crippen molar-refractivity contribution in [3.63, 3.8) is 0 Å². The zero-order chi connectivity index (χ0) is 9.68. The minimum absolute atomic E-state index is 0.539. The van der Waals surface area contributed by atoms with Crippen molar-refractivity contribution < 1.29 is 9.47 Å². The summed E-state index contributed by atoms with van der Waals surface area (Å²) < 4.78 is 11.1. The van der Waals surface area contributed by atoms with Crippen LogP contribution in [0.25, 0.3) is 0 Å². The number of nitrogen functional groups attached to an aromatic ring is 1. The van der Waals surface area contributed by atoms with Crippen LogP contribution in [0, 0.1) is 0 Å². The fraction of sp³-hybridized carbons (Fsp3) is 0.333. The largest absolute Gasteiger partial charge is 0.491 e. The van der Waals surface area contributed by atoms with Gasteiger partial charge in [-0.3, -0.25) is 0 Å². The van der Waals surface area contributed by atoms with Crippen LogP contribution >= 0.6 is 15.9 Å². The molecule has 2 N–H and O–H groups in total. The Morgan fingerprint density at radius 2 is 2.15 bits per heavy atom. The number of nitrogens with two attached hydrogens (primary N) is 1. The second kappa shape index (κ2) is 5.09. The summed E-state index contributed by atoms with van der Waals surface area (Å²) in [5.41, 5.74) is 6.34. The molecule has 0 bridgehead atoms. The standard InChI is InChI=1S/C9H12BrNO2/c1-12-4-5-13-7-2-3-8(10)9(11)6-7/h2-3,6H,4-5,11H2,1H3. The summed E-state index contributed by atoms with van der Waals surface area (Å²) in [4.78, 5) is 0. The molecule has 0 aliphatic rings. The van der Waals surface area contributed by atoms with E-state index >= 15 is 0 Å². The van der Waals surface area contributed by atoms with E-state index in [9.17, 15) is 0 Å². The minimum atomic E-state index is 0.539. The summed E-state index contributed by atoms with van der Waals surface area (Å²) >= 11 is 3.31. The lowest BCUT2D eigenvalue weighted by Crippen LogP contribution is -2.04. The third kappa shape index (κ3) is 3.24. The predicted molar refractivity (Wildman–Crippen MR) is 55.9 cm³/mol. The van der Waals surface area contributed by atoms with Crippen molar-refractivity contribution in [3.05, 3.63) is 22.7 Å². The normalized spacial score (nSPS) is 10.0. The molecule has 0 spiro atoms. The van der Waals surface area contributed by atoms with Gasteiger partial charge in [-0.15, -0.1) is 0 Å². The Hall–Kier alpha value is -0.740. The SMILES string of the molecule is COCCOc1ccc(Br)c(N)c1. The Morgan fingerprint density at radius 3 is 2.77 bits per heavy atom. The third-order valence-electron chi connectivity index (χ3n) is 1.52. The molecule has 1 aromatic rings. The summed E-state index contributed by atoms with van der Waals surface area (Å²) in [5, 5.41) is 0. The maximum atomic E-state index is 5.67. The van der Waals surface area contributed by atoms with Crippen LogP contribution < -0.4 is 10.5 Å². The molecule has 0 amide bonds. The van der Waals surface area contributed by atoms with E-state index in [1.165, 1.54) is 0 Å². The van der Waals surface area contributed by atoms with Gasteiger partial charge in [0.2, 0.25) is 0 Å². The van der Waals surface area contributed by atoms with Gasteiger partial charge < -0.3 is 15.2 Å². The monoisotopic (exact) mass is 245 g/mol.